The summed E-state index contributed by atoms with van der Waals surface area (Å²) in [5.74, 6) is 0.424. The Morgan fingerprint density at radius 1 is 1.33 bits per heavy atom. The van der Waals surface area contributed by atoms with Crippen LogP contribution in [0.15, 0.2) is 30.5 Å². The Bertz CT molecular complexity index is 611. The number of hydrogen-bond donors (Lipinski definition) is 2. The molecule has 0 aliphatic carbocycles. The van der Waals surface area contributed by atoms with Crippen molar-refractivity contribution < 1.29 is 4.79 Å². The number of hydrogen-bond acceptors (Lipinski definition) is 2. The van der Waals surface area contributed by atoms with Crippen molar-refractivity contribution in [3.8, 4) is 0 Å². The Labute approximate surface area is 125 Å². The zero-order chi connectivity index (χ0) is 14.7. The molecule has 2 aromatic rings. The molecule has 2 N–H and O–H groups in total. The van der Waals surface area contributed by atoms with Gasteiger partial charge in [-0.25, -0.2) is 0 Å². The van der Waals surface area contributed by atoms with Crippen LogP contribution in [0.5, 0.6) is 0 Å². The summed E-state index contributed by atoms with van der Waals surface area (Å²) in [7, 11) is 0. The molecule has 1 aliphatic rings. The second-order valence-corrected chi connectivity index (χ2v) is 5.80. The molecule has 4 heteroatoms. The predicted octanol–water partition coefficient (Wildman–Crippen LogP) is 2.52. The molecule has 1 saturated heterocycles. The number of aromatic nitrogens is 1. The average molecular weight is 285 g/mol. The van der Waals surface area contributed by atoms with Crippen LogP contribution in [0.2, 0.25) is 0 Å². The van der Waals surface area contributed by atoms with Gasteiger partial charge < -0.3 is 10.3 Å². The normalized spacial score (nSPS) is 17.2. The quantitative estimate of drug-likeness (QED) is 0.907. The van der Waals surface area contributed by atoms with Crippen LogP contribution < -0.4 is 5.32 Å². The predicted molar refractivity (Wildman–Crippen MR) is 85.0 cm³/mol. The van der Waals surface area contributed by atoms with Gasteiger partial charge >= 0.3 is 0 Å². The van der Waals surface area contributed by atoms with E-state index in [2.05, 4.69) is 45.7 Å². The minimum absolute atomic E-state index is 0.198. The van der Waals surface area contributed by atoms with Gasteiger partial charge in [-0.15, -0.1) is 0 Å². The summed E-state index contributed by atoms with van der Waals surface area (Å²) in [4.78, 5) is 17.6. The Morgan fingerprint density at radius 3 is 2.86 bits per heavy atom. The maximum absolute atomic E-state index is 11.9. The van der Waals surface area contributed by atoms with Crippen molar-refractivity contribution in [2.75, 3.05) is 19.6 Å². The fraction of sp³-hybridized carbons (Fsp3) is 0.471. The van der Waals surface area contributed by atoms with Gasteiger partial charge in [-0.2, -0.15) is 0 Å². The molecule has 1 aliphatic heterocycles. The summed E-state index contributed by atoms with van der Waals surface area (Å²) < 4.78 is 0. The number of fused-ring (bicyclic) bond motifs is 1. The van der Waals surface area contributed by atoms with Crippen molar-refractivity contribution in [1.82, 2.24) is 15.2 Å². The highest BCUT2D eigenvalue weighted by Crippen LogP contribution is 2.23. The van der Waals surface area contributed by atoms with Crippen LogP contribution in [0.3, 0.4) is 0 Å². The summed E-state index contributed by atoms with van der Waals surface area (Å²) in [6.45, 7) is 5.67. The molecule has 1 aromatic carbocycles. The minimum Gasteiger partial charge on any atom is -0.361 e. The number of nitrogens with one attached hydrogen (secondary N) is 2. The third kappa shape index (κ3) is 3.10. The number of para-hydroxylation sites is 1. The number of nitrogens with zero attached hydrogens (tertiary/aromatic N) is 1. The van der Waals surface area contributed by atoms with Crippen LogP contribution in [0.25, 0.3) is 10.9 Å². The van der Waals surface area contributed by atoms with Gasteiger partial charge in [0.25, 0.3) is 0 Å². The molecule has 0 bridgehead atoms. The summed E-state index contributed by atoms with van der Waals surface area (Å²) in [5.41, 5.74) is 2.55. The molecule has 1 aromatic heterocycles. The first-order chi connectivity index (χ1) is 10.3. The van der Waals surface area contributed by atoms with E-state index in [1.54, 1.807) is 0 Å². The van der Waals surface area contributed by atoms with E-state index in [4.69, 9.17) is 0 Å². The van der Waals surface area contributed by atoms with E-state index >= 15 is 0 Å². The Hall–Kier alpha value is -1.81. The smallest absolute Gasteiger partial charge is 0.223 e. The van der Waals surface area contributed by atoms with E-state index in [1.807, 2.05) is 6.92 Å². The molecule has 1 amide bonds. The van der Waals surface area contributed by atoms with Gasteiger partial charge in [0, 0.05) is 36.1 Å². The van der Waals surface area contributed by atoms with Gasteiger partial charge in [-0.3, -0.25) is 9.69 Å². The largest absolute Gasteiger partial charge is 0.361 e. The lowest BCUT2D eigenvalue weighted by atomic mass is 9.95. The standard InChI is InChI=1S/C17H23N3O/c1-2-18-17(21)13-7-9-20(10-8-13)12-14-11-19-16-6-4-3-5-15(14)16/h3-6,11,13,19H,2,7-10,12H2,1H3,(H,18,21). The first kappa shape index (κ1) is 14.1. The van der Waals surface area contributed by atoms with E-state index in [0.29, 0.717) is 0 Å². The van der Waals surface area contributed by atoms with Crippen molar-refractivity contribution in [2.45, 2.75) is 26.3 Å². The summed E-state index contributed by atoms with van der Waals surface area (Å²) in [5, 5.41) is 4.25. The molecule has 112 valence electrons. The molecule has 0 atom stereocenters. The van der Waals surface area contributed by atoms with E-state index < -0.39 is 0 Å². The minimum atomic E-state index is 0.198. The number of likely N-dealkylation sites (tertiary alicyclic amines) is 1. The topological polar surface area (TPSA) is 48.1 Å². The monoisotopic (exact) mass is 285 g/mol. The summed E-state index contributed by atoms with van der Waals surface area (Å²) in [6.07, 6.45) is 4.04. The van der Waals surface area contributed by atoms with E-state index in [0.717, 1.165) is 39.0 Å². The SMILES string of the molecule is CCNC(=O)C1CCN(Cc2c[nH]c3ccccc23)CC1. The Kier molecular flexibility index (Phi) is 4.25. The van der Waals surface area contributed by atoms with E-state index in [1.165, 1.54) is 16.5 Å². The third-order valence-corrected chi connectivity index (χ3v) is 4.38. The highest BCUT2D eigenvalue weighted by Gasteiger charge is 2.24. The molecule has 4 nitrogen and oxygen atoms in total. The molecule has 0 spiro atoms. The number of rotatable bonds is 4. The second kappa shape index (κ2) is 6.31. The number of H-pyrrole nitrogens is 1. The van der Waals surface area contributed by atoms with Gasteiger partial charge in [0.15, 0.2) is 0 Å². The number of piperidine rings is 1. The van der Waals surface area contributed by atoms with E-state index in [-0.39, 0.29) is 11.8 Å². The Morgan fingerprint density at radius 2 is 2.10 bits per heavy atom. The lowest BCUT2D eigenvalue weighted by Gasteiger charge is -2.31. The van der Waals surface area contributed by atoms with Crippen molar-refractivity contribution in [1.29, 1.82) is 0 Å². The second-order valence-electron chi connectivity index (χ2n) is 5.80. The third-order valence-electron chi connectivity index (χ3n) is 4.38. The number of aromatic amines is 1. The van der Waals surface area contributed by atoms with Crippen molar-refractivity contribution in [3.05, 3.63) is 36.0 Å². The van der Waals surface area contributed by atoms with Crippen LogP contribution in [0.1, 0.15) is 25.3 Å². The zero-order valence-corrected chi connectivity index (χ0v) is 12.6. The molecule has 0 unspecified atom stereocenters. The molecule has 0 radical (unpaired) electrons. The number of benzene rings is 1. The average Bonchev–Trinajstić information content (AvgIpc) is 2.92. The molecule has 2 heterocycles. The fourth-order valence-electron chi connectivity index (χ4n) is 3.18. The maximum Gasteiger partial charge on any atom is 0.223 e. The summed E-state index contributed by atoms with van der Waals surface area (Å²) in [6, 6.07) is 8.42. The maximum atomic E-state index is 11.9. The van der Waals surface area contributed by atoms with Crippen LogP contribution in [-0.4, -0.2) is 35.4 Å². The molecule has 21 heavy (non-hydrogen) atoms. The number of amides is 1. The highest BCUT2D eigenvalue weighted by molar-refractivity contribution is 5.83. The van der Waals surface area contributed by atoms with Crippen molar-refractivity contribution >= 4 is 16.8 Å². The van der Waals surface area contributed by atoms with Crippen molar-refractivity contribution in [2.24, 2.45) is 5.92 Å². The molecular weight excluding hydrogens is 262 g/mol. The number of carbonyl (C=O) groups excluding carboxylic acids is 1. The first-order valence-corrected chi connectivity index (χ1v) is 7.83. The van der Waals surface area contributed by atoms with E-state index in [9.17, 15) is 4.79 Å². The van der Waals surface area contributed by atoms with Crippen LogP contribution >= 0.6 is 0 Å². The first-order valence-electron chi connectivity index (χ1n) is 7.83. The fourth-order valence-corrected chi connectivity index (χ4v) is 3.18. The van der Waals surface area contributed by atoms with Gasteiger partial charge in [-0.05, 0) is 44.5 Å². The number of carbonyl (C=O) groups is 1. The molecule has 3 rings (SSSR count). The van der Waals surface area contributed by atoms with Gasteiger partial charge in [0.2, 0.25) is 5.91 Å². The molecular formula is C17H23N3O. The lowest BCUT2D eigenvalue weighted by molar-refractivity contribution is -0.126. The molecule has 1 fully saturated rings. The van der Waals surface area contributed by atoms with Crippen molar-refractivity contribution in [3.63, 3.8) is 0 Å². The van der Waals surface area contributed by atoms with Gasteiger partial charge in [0.05, 0.1) is 0 Å². The Balaban J connectivity index is 1.59. The zero-order valence-electron chi connectivity index (χ0n) is 12.6. The van der Waals surface area contributed by atoms with Crippen LogP contribution in [-0.2, 0) is 11.3 Å². The highest BCUT2D eigenvalue weighted by atomic mass is 16.1. The van der Waals surface area contributed by atoms with Gasteiger partial charge in [-0.1, -0.05) is 18.2 Å². The van der Waals surface area contributed by atoms with Crippen LogP contribution in [0.4, 0.5) is 0 Å². The van der Waals surface area contributed by atoms with Gasteiger partial charge in [0.1, 0.15) is 0 Å². The van der Waals surface area contributed by atoms with Crippen LogP contribution in [0, 0.1) is 5.92 Å². The lowest BCUT2D eigenvalue weighted by Crippen LogP contribution is -2.40. The summed E-state index contributed by atoms with van der Waals surface area (Å²) >= 11 is 0. The molecule has 0 saturated carbocycles.